The highest BCUT2D eigenvalue weighted by atomic mass is 15.2. The SMILES string of the molecule is CN(CCNC1CCN2CCCC12)C1CC1. The minimum atomic E-state index is 0.787. The molecular weight excluding hydrogens is 198 g/mol. The summed E-state index contributed by atoms with van der Waals surface area (Å²) >= 11 is 0. The van der Waals surface area contributed by atoms with Crippen LogP contribution >= 0.6 is 0 Å². The number of hydrogen-bond acceptors (Lipinski definition) is 3. The summed E-state index contributed by atoms with van der Waals surface area (Å²) in [4.78, 5) is 5.20. The lowest BCUT2D eigenvalue weighted by molar-refractivity contribution is 0.282. The number of hydrogen-bond donors (Lipinski definition) is 1. The highest BCUT2D eigenvalue weighted by molar-refractivity contribution is 4.95. The Morgan fingerprint density at radius 3 is 2.88 bits per heavy atom. The van der Waals surface area contributed by atoms with Gasteiger partial charge in [-0.1, -0.05) is 0 Å². The molecule has 0 bridgehead atoms. The molecule has 2 heterocycles. The second kappa shape index (κ2) is 4.63. The number of rotatable bonds is 5. The molecule has 3 heteroatoms. The first-order valence-electron chi connectivity index (χ1n) is 7.02. The van der Waals surface area contributed by atoms with Crippen LogP contribution in [-0.4, -0.2) is 61.2 Å². The van der Waals surface area contributed by atoms with Gasteiger partial charge in [-0.15, -0.1) is 0 Å². The molecule has 92 valence electrons. The van der Waals surface area contributed by atoms with Crippen LogP contribution in [0.4, 0.5) is 0 Å². The standard InChI is InChI=1S/C13H25N3/c1-15(11-4-5-11)10-7-14-12-6-9-16-8-2-3-13(12)16/h11-14H,2-10H2,1H3. The summed E-state index contributed by atoms with van der Waals surface area (Å²) in [6, 6.07) is 2.56. The lowest BCUT2D eigenvalue weighted by atomic mass is 10.1. The minimum Gasteiger partial charge on any atom is -0.311 e. The van der Waals surface area contributed by atoms with Gasteiger partial charge in [-0.2, -0.15) is 0 Å². The third-order valence-electron chi connectivity index (χ3n) is 4.65. The molecule has 1 N–H and O–H groups in total. The number of likely N-dealkylation sites (N-methyl/N-ethyl adjacent to an activating group) is 1. The third kappa shape index (κ3) is 2.27. The lowest BCUT2D eigenvalue weighted by Crippen LogP contribution is -2.42. The molecule has 0 amide bonds. The average Bonchev–Trinajstić information content (AvgIpc) is 2.91. The van der Waals surface area contributed by atoms with Crippen LogP contribution in [0.1, 0.15) is 32.1 Å². The quantitative estimate of drug-likeness (QED) is 0.747. The summed E-state index contributed by atoms with van der Waals surface area (Å²) in [5, 5.41) is 3.78. The number of fused-ring (bicyclic) bond motifs is 1. The van der Waals surface area contributed by atoms with Crippen molar-refractivity contribution in [1.29, 1.82) is 0 Å². The Hall–Kier alpha value is -0.120. The van der Waals surface area contributed by atoms with Gasteiger partial charge in [-0.05, 0) is 45.7 Å². The molecule has 2 atom stereocenters. The van der Waals surface area contributed by atoms with Gasteiger partial charge in [0.25, 0.3) is 0 Å². The van der Waals surface area contributed by atoms with Gasteiger partial charge in [0, 0.05) is 37.8 Å². The van der Waals surface area contributed by atoms with Crippen LogP contribution in [0.15, 0.2) is 0 Å². The van der Waals surface area contributed by atoms with Crippen LogP contribution in [-0.2, 0) is 0 Å². The van der Waals surface area contributed by atoms with Gasteiger partial charge in [0.1, 0.15) is 0 Å². The Morgan fingerprint density at radius 2 is 2.06 bits per heavy atom. The molecule has 2 saturated heterocycles. The maximum absolute atomic E-state index is 3.78. The predicted octanol–water partition coefficient (Wildman–Crippen LogP) is 0.907. The molecule has 0 spiro atoms. The highest BCUT2D eigenvalue weighted by Crippen LogP contribution is 2.28. The molecule has 3 nitrogen and oxygen atoms in total. The van der Waals surface area contributed by atoms with Crippen molar-refractivity contribution in [3.8, 4) is 0 Å². The van der Waals surface area contributed by atoms with Crippen molar-refractivity contribution in [1.82, 2.24) is 15.1 Å². The van der Waals surface area contributed by atoms with Crippen molar-refractivity contribution in [3.63, 3.8) is 0 Å². The molecule has 3 aliphatic rings. The van der Waals surface area contributed by atoms with E-state index in [0.29, 0.717) is 0 Å². The monoisotopic (exact) mass is 223 g/mol. The Kier molecular flexibility index (Phi) is 3.18. The summed E-state index contributed by atoms with van der Waals surface area (Å²) in [5.41, 5.74) is 0. The summed E-state index contributed by atoms with van der Waals surface area (Å²) < 4.78 is 0. The highest BCUT2D eigenvalue weighted by Gasteiger charge is 2.36. The fourth-order valence-electron chi connectivity index (χ4n) is 3.44. The first-order valence-corrected chi connectivity index (χ1v) is 7.02. The van der Waals surface area contributed by atoms with E-state index in [-0.39, 0.29) is 0 Å². The van der Waals surface area contributed by atoms with Gasteiger partial charge in [0.15, 0.2) is 0 Å². The van der Waals surface area contributed by atoms with Gasteiger partial charge < -0.3 is 10.2 Å². The molecule has 1 saturated carbocycles. The van der Waals surface area contributed by atoms with Crippen LogP contribution in [0.3, 0.4) is 0 Å². The first kappa shape index (κ1) is 11.0. The van der Waals surface area contributed by atoms with Crippen LogP contribution in [0.5, 0.6) is 0 Å². The second-order valence-electron chi connectivity index (χ2n) is 5.81. The summed E-state index contributed by atoms with van der Waals surface area (Å²) in [5.74, 6) is 0. The van der Waals surface area contributed by atoms with Gasteiger partial charge in [-0.3, -0.25) is 4.90 Å². The van der Waals surface area contributed by atoms with E-state index in [2.05, 4.69) is 22.2 Å². The lowest BCUT2D eigenvalue weighted by Gasteiger charge is -2.23. The van der Waals surface area contributed by atoms with E-state index >= 15 is 0 Å². The third-order valence-corrected chi connectivity index (χ3v) is 4.65. The zero-order chi connectivity index (χ0) is 11.0. The molecule has 0 aromatic carbocycles. The van der Waals surface area contributed by atoms with E-state index in [1.807, 2.05) is 0 Å². The van der Waals surface area contributed by atoms with Crippen LogP contribution in [0.2, 0.25) is 0 Å². The van der Waals surface area contributed by atoms with Crippen LogP contribution < -0.4 is 5.32 Å². The van der Waals surface area contributed by atoms with E-state index in [0.717, 1.165) is 18.1 Å². The number of nitrogens with zero attached hydrogens (tertiary/aromatic N) is 2. The van der Waals surface area contributed by atoms with E-state index < -0.39 is 0 Å². The average molecular weight is 223 g/mol. The van der Waals surface area contributed by atoms with E-state index in [9.17, 15) is 0 Å². The molecular formula is C13H25N3. The molecule has 3 fully saturated rings. The molecule has 1 aliphatic carbocycles. The summed E-state index contributed by atoms with van der Waals surface area (Å²) in [6.45, 7) is 5.10. The van der Waals surface area contributed by atoms with Crippen molar-refractivity contribution >= 4 is 0 Å². The largest absolute Gasteiger partial charge is 0.311 e. The van der Waals surface area contributed by atoms with E-state index in [1.165, 1.54) is 58.3 Å². The van der Waals surface area contributed by atoms with E-state index in [1.54, 1.807) is 0 Å². The van der Waals surface area contributed by atoms with Crippen LogP contribution in [0, 0.1) is 0 Å². The molecule has 3 rings (SSSR count). The first-order chi connectivity index (χ1) is 7.84. The molecule has 0 aromatic heterocycles. The molecule has 2 unspecified atom stereocenters. The van der Waals surface area contributed by atoms with Crippen molar-refractivity contribution in [3.05, 3.63) is 0 Å². The van der Waals surface area contributed by atoms with Crippen molar-refractivity contribution in [2.45, 2.75) is 50.2 Å². The normalized spacial score (nSPS) is 34.9. The summed E-state index contributed by atoms with van der Waals surface area (Å²) in [6.07, 6.45) is 7.07. The molecule has 2 aliphatic heterocycles. The Morgan fingerprint density at radius 1 is 1.19 bits per heavy atom. The van der Waals surface area contributed by atoms with Crippen LogP contribution in [0.25, 0.3) is 0 Å². The fraction of sp³-hybridized carbons (Fsp3) is 1.00. The van der Waals surface area contributed by atoms with Gasteiger partial charge in [-0.25, -0.2) is 0 Å². The van der Waals surface area contributed by atoms with E-state index in [4.69, 9.17) is 0 Å². The Balaban J connectivity index is 1.38. The maximum Gasteiger partial charge on any atom is 0.0250 e. The second-order valence-corrected chi connectivity index (χ2v) is 5.81. The topological polar surface area (TPSA) is 18.5 Å². The van der Waals surface area contributed by atoms with Gasteiger partial charge in [0.05, 0.1) is 0 Å². The predicted molar refractivity (Wildman–Crippen MR) is 66.7 cm³/mol. The number of nitrogens with one attached hydrogen (secondary N) is 1. The molecule has 16 heavy (non-hydrogen) atoms. The fourth-order valence-corrected chi connectivity index (χ4v) is 3.44. The minimum absolute atomic E-state index is 0.787. The smallest absolute Gasteiger partial charge is 0.0250 e. The Bertz CT molecular complexity index is 239. The van der Waals surface area contributed by atoms with Gasteiger partial charge >= 0.3 is 0 Å². The summed E-state index contributed by atoms with van der Waals surface area (Å²) in [7, 11) is 2.27. The van der Waals surface area contributed by atoms with Crippen molar-refractivity contribution in [2.75, 3.05) is 33.2 Å². The van der Waals surface area contributed by atoms with Crippen molar-refractivity contribution < 1.29 is 0 Å². The zero-order valence-electron chi connectivity index (χ0n) is 10.5. The zero-order valence-corrected chi connectivity index (χ0v) is 10.5. The molecule has 0 aromatic rings. The van der Waals surface area contributed by atoms with Crippen molar-refractivity contribution in [2.24, 2.45) is 0 Å². The molecule has 0 radical (unpaired) electrons. The van der Waals surface area contributed by atoms with Gasteiger partial charge in [0.2, 0.25) is 0 Å². The maximum atomic E-state index is 3.78. The Labute approximate surface area is 99.2 Å².